The van der Waals surface area contributed by atoms with Gasteiger partial charge in [0.2, 0.25) is 0 Å². The summed E-state index contributed by atoms with van der Waals surface area (Å²) in [6.45, 7) is 6.61. The lowest BCUT2D eigenvalue weighted by Gasteiger charge is -2.36. The fraction of sp³-hybridized carbons (Fsp3) is 0.647. The monoisotopic (exact) mass is 274 g/mol. The van der Waals surface area contributed by atoms with Crippen LogP contribution < -0.4 is 15.0 Å². The Morgan fingerprint density at radius 1 is 1.25 bits per heavy atom. The summed E-state index contributed by atoms with van der Waals surface area (Å²) in [5, 5.41) is 3.69. The zero-order chi connectivity index (χ0) is 14.2. The maximum Gasteiger partial charge on any atom is 0.120 e. The van der Waals surface area contributed by atoms with Crippen LogP contribution in [0.15, 0.2) is 18.2 Å². The number of methoxy groups -OCH3 is 1. The second-order valence-electron chi connectivity index (χ2n) is 6.80. The van der Waals surface area contributed by atoms with Gasteiger partial charge in [-0.25, -0.2) is 0 Å². The molecule has 1 saturated carbocycles. The van der Waals surface area contributed by atoms with Crippen molar-refractivity contribution in [2.24, 2.45) is 0 Å². The number of ether oxygens (including phenoxy) is 1. The van der Waals surface area contributed by atoms with E-state index in [2.05, 4.69) is 42.3 Å². The van der Waals surface area contributed by atoms with E-state index < -0.39 is 0 Å². The Morgan fingerprint density at radius 3 is 2.70 bits per heavy atom. The van der Waals surface area contributed by atoms with Gasteiger partial charge in [0, 0.05) is 36.4 Å². The lowest BCUT2D eigenvalue weighted by molar-refractivity contribution is 0.383. The van der Waals surface area contributed by atoms with Gasteiger partial charge in [-0.3, -0.25) is 0 Å². The molecular weight excluding hydrogens is 248 g/mol. The highest BCUT2D eigenvalue weighted by atomic mass is 16.5. The molecule has 0 atom stereocenters. The van der Waals surface area contributed by atoms with Gasteiger partial charge in [0.1, 0.15) is 5.75 Å². The molecule has 3 heteroatoms. The maximum absolute atomic E-state index is 5.44. The molecule has 3 rings (SSSR count). The third-order valence-electron chi connectivity index (χ3n) is 4.69. The lowest BCUT2D eigenvalue weighted by Crippen LogP contribution is -2.49. The predicted molar refractivity (Wildman–Crippen MR) is 83.5 cm³/mol. The van der Waals surface area contributed by atoms with Gasteiger partial charge < -0.3 is 15.0 Å². The molecule has 20 heavy (non-hydrogen) atoms. The average Bonchev–Trinajstić information content (AvgIpc) is 2.92. The Kier molecular flexibility index (Phi) is 3.63. The van der Waals surface area contributed by atoms with Gasteiger partial charge in [0.05, 0.1) is 7.11 Å². The lowest BCUT2D eigenvalue weighted by atomic mass is 10.0. The van der Waals surface area contributed by atoms with Gasteiger partial charge in [-0.1, -0.05) is 18.9 Å². The summed E-state index contributed by atoms with van der Waals surface area (Å²) in [7, 11) is 1.75. The molecule has 1 aliphatic carbocycles. The van der Waals surface area contributed by atoms with Crippen molar-refractivity contribution in [3.05, 3.63) is 23.8 Å². The van der Waals surface area contributed by atoms with Crippen LogP contribution in [0.2, 0.25) is 0 Å². The molecule has 1 aromatic rings. The van der Waals surface area contributed by atoms with Crippen LogP contribution in [-0.2, 0) is 6.54 Å². The second kappa shape index (κ2) is 5.28. The summed E-state index contributed by atoms with van der Waals surface area (Å²) < 4.78 is 5.44. The molecule has 0 saturated heterocycles. The van der Waals surface area contributed by atoms with E-state index in [1.54, 1.807) is 7.11 Å². The first-order valence-corrected chi connectivity index (χ1v) is 7.78. The number of hydrogen-bond acceptors (Lipinski definition) is 3. The van der Waals surface area contributed by atoms with Crippen molar-refractivity contribution in [2.45, 2.75) is 57.7 Å². The van der Waals surface area contributed by atoms with E-state index in [0.29, 0.717) is 6.04 Å². The summed E-state index contributed by atoms with van der Waals surface area (Å²) in [5.74, 6) is 0.964. The minimum absolute atomic E-state index is 0.148. The smallest absolute Gasteiger partial charge is 0.120 e. The molecule has 1 aromatic carbocycles. The van der Waals surface area contributed by atoms with Gasteiger partial charge in [0.15, 0.2) is 0 Å². The number of benzene rings is 1. The van der Waals surface area contributed by atoms with Crippen molar-refractivity contribution in [1.29, 1.82) is 0 Å². The Hall–Kier alpha value is -1.22. The highest BCUT2D eigenvalue weighted by Crippen LogP contribution is 2.35. The van der Waals surface area contributed by atoms with Crippen LogP contribution in [0, 0.1) is 0 Å². The van der Waals surface area contributed by atoms with Gasteiger partial charge in [-0.05, 0) is 38.3 Å². The summed E-state index contributed by atoms with van der Waals surface area (Å²) in [4.78, 5) is 2.63. The van der Waals surface area contributed by atoms with E-state index in [0.717, 1.165) is 18.8 Å². The molecule has 0 aromatic heterocycles. The van der Waals surface area contributed by atoms with E-state index in [-0.39, 0.29) is 5.54 Å². The van der Waals surface area contributed by atoms with Gasteiger partial charge in [0.25, 0.3) is 0 Å². The van der Waals surface area contributed by atoms with Gasteiger partial charge in [-0.2, -0.15) is 0 Å². The van der Waals surface area contributed by atoms with Crippen LogP contribution in [0.1, 0.15) is 45.1 Å². The molecular formula is C17H26N2O. The maximum atomic E-state index is 5.44. The van der Waals surface area contributed by atoms with Crippen molar-refractivity contribution in [3.8, 4) is 5.75 Å². The zero-order valence-electron chi connectivity index (χ0n) is 12.9. The molecule has 1 N–H and O–H groups in total. The summed E-state index contributed by atoms with van der Waals surface area (Å²) in [6, 6.07) is 7.20. The standard InChI is InChI=1S/C17H26N2O/c1-17(2)12-19(14-6-4-5-7-14)16-10-15(20-3)9-8-13(16)11-18-17/h8-10,14,18H,4-7,11-12H2,1-3H3. The van der Waals surface area contributed by atoms with Gasteiger partial charge >= 0.3 is 0 Å². The Morgan fingerprint density at radius 2 is 2.00 bits per heavy atom. The minimum Gasteiger partial charge on any atom is -0.497 e. The quantitative estimate of drug-likeness (QED) is 0.895. The van der Waals surface area contributed by atoms with Crippen molar-refractivity contribution in [1.82, 2.24) is 5.32 Å². The topological polar surface area (TPSA) is 24.5 Å². The number of fused-ring (bicyclic) bond motifs is 1. The van der Waals surface area contributed by atoms with E-state index in [9.17, 15) is 0 Å². The minimum atomic E-state index is 0.148. The molecule has 0 unspecified atom stereocenters. The number of nitrogens with zero attached hydrogens (tertiary/aromatic N) is 1. The van der Waals surface area contributed by atoms with Crippen molar-refractivity contribution in [2.75, 3.05) is 18.6 Å². The third-order valence-corrected chi connectivity index (χ3v) is 4.69. The molecule has 1 aliphatic heterocycles. The normalized spacial score (nSPS) is 22.4. The van der Waals surface area contributed by atoms with Crippen molar-refractivity contribution in [3.63, 3.8) is 0 Å². The molecule has 0 amide bonds. The van der Waals surface area contributed by atoms with Crippen LogP contribution in [0.25, 0.3) is 0 Å². The molecule has 3 nitrogen and oxygen atoms in total. The zero-order valence-corrected chi connectivity index (χ0v) is 12.9. The van der Waals surface area contributed by atoms with E-state index in [4.69, 9.17) is 4.74 Å². The van der Waals surface area contributed by atoms with Crippen LogP contribution in [0.4, 0.5) is 5.69 Å². The number of hydrogen-bond donors (Lipinski definition) is 1. The first-order chi connectivity index (χ1) is 9.59. The van der Waals surface area contributed by atoms with Crippen LogP contribution in [0.5, 0.6) is 5.75 Å². The van der Waals surface area contributed by atoms with Crippen LogP contribution in [0.3, 0.4) is 0 Å². The number of nitrogens with one attached hydrogen (secondary N) is 1. The summed E-state index contributed by atoms with van der Waals surface area (Å²) in [6.07, 6.45) is 5.39. The number of anilines is 1. The van der Waals surface area contributed by atoms with Gasteiger partial charge in [-0.15, -0.1) is 0 Å². The number of rotatable bonds is 2. The van der Waals surface area contributed by atoms with Crippen molar-refractivity contribution < 1.29 is 4.74 Å². The Balaban J connectivity index is 2.00. The summed E-state index contributed by atoms with van der Waals surface area (Å²) in [5.41, 5.74) is 2.91. The highest BCUT2D eigenvalue weighted by Gasteiger charge is 2.32. The fourth-order valence-corrected chi connectivity index (χ4v) is 3.53. The molecule has 110 valence electrons. The molecule has 0 spiro atoms. The van der Waals surface area contributed by atoms with Crippen LogP contribution >= 0.6 is 0 Å². The van der Waals surface area contributed by atoms with E-state index in [1.165, 1.54) is 36.9 Å². The molecule has 2 aliphatic rings. The molecule has 1 heterocycles. The Labute approximate surface area is 122 Å². The van der Waals surface area contributed by atoms with E-state index in [1.807, 2.05) is 0 Å². The Bertz CT molecular complexity index is 478. The fourth-order valence-electron chi connectivity index (χ4n) is 3.53. The highest BCUT2D eigenvalue weighted by molar-refractivity contribution is 5.59. The summed E-state index contributed by atoms with van der Waals surface area (Å²) >= 11 is 0. The SMILES string of the molecule is COc1ccc2c(c1)N(C1CCCC1)CC(C)(C)NC2. The average molecular weight is 274 g/mol. The van der Waals surface area contributed by atoms with Crippen molar-refractivity contribution >= 4 is 5.69 Å². The predicted octanol–water partition coefficient (Wildman–Crippen LogP) is 3.33. The van der Waals surface area contributed by atoms with E-state index >= 15 is 0 Å². The largest absolute Gasteiger partial charge is 0.497 e. The molecule has 0 bridgehead atoms. The molecule has 0 radical (unpaired) electrons. The second-order valence-corrected chi connectivity index (χ2v) is 6.80. The first-order valence-electron chi connectivity index (χ1n) is 7.78. The van der Waals surface area contributed by atoms with Crippen LogP contribution in [-0.4, -0.2) is 25.2 Å². The molecule has 1 fully saturated rings. The first kappa shape index (κ1) is 13.7. The third kappa shape index (κ3) is 2.64.